The van der Waals surface area contributed by atoms with Crippen LogP contribution < -0.4 is 5.32 Å². The molecule has 17 heavy (non-hydrogen) atoms. The van der Waals surface area contributed by atoms with E-state index in [0.29, 0.717) is 12.3 Å². The molecule has 0 aliphatic rings. The third-order valence-electron chi connectivity index (χ3n) is 2.35. The van der Waals surface area contributed by atoms with Gasteiger partial charge in [-0.15, -0.1) is 0 Å². The number of nitro groups is 1. The zero-order valence-corrected chi connectivity index (χ0v) is 10.1. The molecule has 0 atom stereocenters. The molecule has 0 fully saturated rings. The molecule has 0 bridgehead atoms. The molecule has 0 aliphatic carbocycles. The molecule has 1 rings (SSSR count). The van der Waals surface area contributed by atoms with E-state index in [-0.39, 0.29) is 0 Å². The normalized spacial score (nSPS) is 10.8. The first kappa shape index (κ1) is 13.6. The van der Waals surface area contributed by atoms with Gasteiger partial charge in [-0.05, 0) is 37.1 Å². The predicted molar refractivity (Wildman–Crippen MR) is 64.5 cm³/mol. The van der Waals surface area contributed by atoms with Crippen molar-refractivity contribution in [1.82, 2.24) is 5.32 Å². The van der Waals surface area contributed by atoms with Crippen LogP contribution in [0.1, 0.15) is 19.4 Å². The molecule has 0 unspecified atom stereocenters. The molecule has 0 amide bonds. The summed E-state index contributed by atoms with van der Waals surface area (Å²) in [4.78, 5) is 9.71. The standard InChI is InChI=1S/C12H17FN2O2/c1-9(2)8-14-6-5-10-3-4-12(15(16)17)11(13)7-10/h3-4,7,9,14H,5-6,8H2,1-2H3. The van der Waals surface area contributed by atoms with E-state index in [2.05, 4.69) is 19.2 Å². The molecule has 1 aromatic rings. The van der Waals surface area contributed by atoms with Crippen LogP contribution in [0.15, 0.2) is 18.2 Å². The number of nitrogens with zero attached hydrogens (tertiary/aromatic N) is 1. The van der Waals surface area contributed by atoms with Crippen molar-refractivity contribution in [3.8, 4) is 0 Å². The third kappa shape index (κ3) is 4.48. The maximum absolute atomic E-state index is 13.3. The molecule has 5 heteroatoms. The number of hydrogen-bond acceptors (Lipinski definition) is 3. The second-order valence-electron chi connectivity index (χ2n) is 4.39. The van der Waals surface area contributed by atoms with Crippen LogP contribution in [0.5, 0.6) is 0 Å². The van der Waals surface area contributed by atoms with Crippen LogP contribution in [0, 0.1) is 21.8 Å². The Bertz CT molecular complexity index is 394. The van der Waals surface area contributed by atoms with E-state index in [9.17, 15) is 14.5 Å². The average molecular weight is 240 g/mol. The molecule has 0 aliphatic heterocycles. The van der Waals surface area contributed by atoms with Gasteiger partial charge in [0, 0.05) is 6.07 Å². The van der Waals surface area contributed by atoms with Crippen LogP contribution in [0.25, 0.3) is 0 Å². The quantitative estimate of drug-likeness (QED) is 0.472. The van der Waals surface area contributed by atoms with Gasteiger partial charge in [-0.2, -0.15) is 4.39 Å². The number of nitrogens with one attached hydrogen (secondary N) is 1. The summed E-state index contributed by atoms with van der Waals surface area (Å²) >= 11 is 0. The van der Waals surface area contributed by atoms with Crippen molar-refractivity contribution in [2.75, 3.05) is 13.1 Å². The summed E-state index contributed by atoms with van der Waals surface area (Å²) in [5.74, 6) is -0.194. The summed E-state index contributed by atoms with van der Waals surface area (Å²) in [6, 6.07) is 4.04. The Kier molecular flexibility index (Phi) is 5.03. The van der Waals surface area contributed by atoms with Crippen LogP contribution in [0.3, 0.4) is 0 Å². The van der Waals surface area contributed by atoms with Gasteiger partial charge < -0.3 is 5.32 Å². The van der Waals surface area contributed by atoms with Crippen molar-refractivity contribution in [3.05, 3.63) is 39.7 Å². The molecule has 0 saturated heterocycles. The Morgan fingerprint density at radius 1 is 1.47 bits per heavy atom. The lowest BCUT2D eigenvalue weighted by molar-refractivity contribution is -0.387. The number of halogens is 1. The summed E-state index contributed by atoms with van der Waals surface area (Å²) in [5, 5.41) is 13.7. The molecule has 1 aromatic carbocycles. The zero-order valence-electron chi connectivity index (χ0n) is 10.1. The van der Waals surface area contributed by atoms with Crippen molar-refractivity contribution >= 4 is 5.69 Å². The van der Waals surface area contributed by atoms with Crippen molar-refractivity contribution in [2.24, 2.45) is 5.92 Å². The number of benzene rings is 1. The predicted octanol–water partition coefficient (Wildman–Crippen LogP) is 2.52. The van der Waals surface area contributed by atoms with E-state index in [4.69, 9.17) is 0 Å². The molecule has 0 saturated carbocycles. The molecule has 94 valence electrons. The summed E-state index contributed by atoms with van der Waals surface area (Å²) < 4.78 is 13.3. The molecule has 0 spiro atoms. The van der Waals surface area contributed by atoms with Gasteiger partial charge in [-0.3, -0.25) is 10.1 Å². The fraction of sp³-hybridized carbons (Fsp3) is 0.500. The first-order chi connectivity index (χ1) is 8.00. The first-order valence-corrected chi connectivity index (χ1v) is 5.64. The van der Waals surface area contributed by atoms with Gasteiger partial charge in [0.25, 0.3) is 0 Å². The molecule has 0 aromatic heterocycles. The molecular weight excluding hydrogens is 223 g/mol. The first-order valence-electron chi connectivity index (χ1n) is 5.64. The van der Waals surface area contributed by atoms with Crippen molar-refractivity contribution in [1.29, 1.82) is 0 Å². The molecular formula is C12H17FN2O2. The fourth-order valence-corrected chi connectivity index (χ4v) is 1.48. The molecule has 0 radical (unpaired) electrons. The van der Waals surface area contributed by atoms with E-state index in [1.165, 1.54) is 12.1 Å². The Morgan fingerprint density at radius 2 is 2.18 bits per heavy atom. The monoisotopic (exact) mass is 240 g/mol. The van der Waals surface area contributed by atoms with E-state index in [1.807, 2.05) is 0 Å². The topological polar surface area (TPSA) is 55.2 Å². The van der Waals surface area contributed by atoms with Gasteiger partial charge in [0.15, 0.2) is 0 Å². The van der Waals surface area contributed by atoms with Gasteiger partial charge in [-0.25, -0.2) is 0 Å². The summed E-state index contributed by atoms with van der Waals surface area (Å²) in [6.07, 6.45) is 0.668. The third-order valence-corrected chi connectivity index (χ3v) is 2.35. The largest absolute Gasteiger partial charge is 0.316 e. The highest BCUT2D eigenvalue weighted by molar-refractivity contribution is 5.35. The van der Waals surface area contributed by atoms with E-state index < -0.39 is 16.4 Å². The van der Waals surface area contributed by atoms with Crippen molar-refractivity contribution in [2.45, 2.75) is 20.3 Å². The minimum absolute atomic E-state index is 0.469. The van der Waals surface area contributed by atoms with Crippen molar-refractivity contribution in [3.63, 3.8) is 0 Å². The molecule has 1 N–H and O–H groups in total. The lowest BCUT2D eigenvalue weighted by atomic mass is 10.1. The number of rotatable bonds is 6. The fourth-order valence-electron chi connectivity index (χ4n) is 1.48. The number of hydrogen-bond donors (Lipinski definition) is 1. The van der Waals surface area contributed by atoms with Crippen LogP contribution in [-0.4, -0.2) is 18.0 Å². The average Bonchev–Trinajstić information content (AvgIpc) is 2.23. The van der Waals surface area contributed by atoms with Crippen LogP contribution in [0.2, 0.25) is 0 Å². The van der Waals surface area contributed by atoms with Gasteiger partial charge in [0.05, 0.1) is 4.92 Å². The summed E-state index contributed by atoms with van der Waals surface area (Å²) in [6.45, 7) is 5.88. The minimum Gasteiger partial charge on any atom is -0.316 e. The highest BCUT2D eigenvalue weighted by atomic mass is 19.1. The Labute approximate surface area is 100.0 Å². The molecule has 4 nitrogen and oxygen atoms in total. The Morgan fingerprint density at radius 3 is 2.71 bits per heavy atom. The minimum atomic E-state index is -0.767. The summed E-state index contributed by atoms with van der Waals surface area (Å²) in [5.41, 5.74) is 0.299. The second-order valence-corrected chi connectivity index (χ2v) is 4.39. The zero-order chi connectivity index (χ0) is 12.8. The lowest BCUT2D eigenvalue weighted by Gasteiger charge is -2.07. The van der Waals surface area contributed by atoms with E-state index >= 15 is 0 Å². The smallest absolute Gasteiger partial charge is 0.304 e. The van der Waals surface area contributed by atoms with Gasteiger partial charge >= 0.3 is 5.69 Å². The van der Waals surface area contributed by atoms with Crippen molar-refractivity contribution < 1.29 is 9.31 Å². The second kappa shape index (κ2) is 6.30. The van der Waals surface area contributed by atoms with Crippen LogP contribution >= 0.6 is 0 Å². The SMILES string of the molecule is CC(C)CNCCc1ccc([N+](=O)[O-])c(F)c1. The number of nitro benzene ring substituents is 1. The maximum Gasteiger partial charge on any atom is 0.304 e. The van der Waals surface area contributed by atoms with Crippen LogP contribution in [0.4, 0.5) is 10.1 Å². The van der Waals surface area contributed by atoms with E-state index in [1.54, 1.807) is 6.07 Å². The maximum atomic E-state index is 13.3. The van der Waals surface area contributed by atoms with Gasteiger partial charge in [0.1, 0.15) is 0 Å². The lowest BCUT2D eigenvalue weighted by Crippen LogP contribution is -2.22. The van der Waals surface area contributed by atoms with Gasteiger partial charge in [-0.1, -0.05) is 19.9 Å². The van der Waals surface area contributed by atoms with Crippen LogP contribution in [-0.2, 0) is 6.42 Å². The van der Waals surface area contributed by atoms with E-state index in [0.717, 1.165) is 18.7 Å². The Hall–Kier alpha value is -1.49. The highest BCUT2D eigenvalue weighted by Crippen LogP contribution is 2.17. The molecule has 0 heterocycles. The summed E-state index contributed by atoms with van der Waals surface area (Å²) in [7, 11) is 0. The Balaban J connectivity index is 2.50. The highest BCUT2D eigenvalue weighted by Gasteiger charge is 2.13. The van der Waals surface area contributed by atoms with Gasteiger partial charge in [0.2, 0.25) is 5.82 Å².